The maximum Gasteiger partial charge on any atom is 0.416 e. The van der Waals surface area contributed by atoms with E-state index in [1.165, 1.54) is 16.2 Å². The molecular weight excluding hydrogens is 469 g/mol. The molecule has 1 amide bonds. The van der Waals surface area contributed by atoms with E-state index in [1.807, 2.05) is 32.9 Å². The molecule has 0 atom stereocenters. The van der Waals surface area contributed by atoms with Crippen molar-refractivity contribution in [3.05, 3.63) is 51.2 Å². The van der Waals surface area contributed by atoms with Crippen LogP contribution in [0.4, 0.5) is 10.6 Å². The third-order valence-corrected chi connectivity index (χ3v) is 6.10. The normalized spacial score (nSPS) is 12.1. The highest BCUT2D eigenvalue weighted by atomic mass is 35.5. The van der Waals surface area contributed by atoms with Crippen LogP contribution in [0.15, 0.2) is 30.5 Å². The smallest absolute Gasteiger partial charge is 0.416 e. The average Bonchev–Trinajstić information content (AvgIpc) is 3.27. The number of halogens is 2. The molecule has 3 heterocycles. The van der Waals surface area contributed by atoms with Gasteiger partial charge in [-0.25, -0.2) is 14.8 Å². The van der Waals surface area contributed by atoms with Crippen LogP contribution in [0.25, 0.3) is 15.9 Å². The van der Waals surface area contributed by atoms with Gasteiger partial charge in [-0.05, 0) is 44.9 Å². The predicted octanol–water partition coefficient (Wildman–Crippen LogP) is 6.71. The summed E-state index contributed by atoms with van der Waals surface area (Å²) in [5, 5.41) is 6.09. The molecule has 0 saturated carbocycles. The first-order valence-corrected chi connectivity index (χ1v) is 11.7. The summed E-state index contributed by atoms with van der Waals surface area (Å²) in [4.78, 5) is 23.9. The van der Waals surface area contributed by atoms with E-state index in [0.717, 1.165) is 20.8 Å². The third kappa shape index (κ3) is 4.67. The molecule has 10 heteroatoms. The summed E-state index contributed by atoms with van der Waals surface area (Å²) in [5.41, 5.74) is 1.64. The van der Waals surface area contributed by atoms with Crippen LogP contribution in [-0.2, 0) is 11.3 Å². The number of carbonyl (C=O) groups is 1. The maximum atomic E-state index is 13.3. The second-order valence-corrected chi connectivity index (χ2v) is 10.7. The Hall–Kier alpha value is -2.42. The molecule has 32 heavy (non-hydrogen) atoms. The Labute approximate surface area is 199 Å². The van der Waals surface area contributed by atoms with Gasteiger partial charge in [0.1, 0.15) is 21.6 Å². The summed E-state index contributed by atoms with van der Waals surface area (Å²) >= 11 is 14.0. The fourth-order valence-corrected chi connectivity index (χ4v) is 4.52. The highest BCUT2D eigenvalue weighted by Crippen LogP contribution is 2.30. The van der Waals surface area contributed by atoms with Crippen LogP contribution < -0.4 is 4.90 Å². The number of rotatable bonds is 4. The number of thiazole rings is 1. The van der Waals surface area contributed by atoms with E-state index in [2.05, 4.69) is 28.9 Å². The first kappa shape index (κ1) is 22.8. The lowest BCUT2D eigenvalue weighted by Crippen LogP contribution is -2.37. The number of aromatic nitrogens is 4. The molecule has 0 fully saturated rings. The van der Waals surface area contributed by atoms with Crippen LogP contribution in [0, 0.1) is 0 Å². The molecule has 4 rings (SSSR count). The average molecular weight is 492 g/mol. The molecule has 168 valence electrons. The first-order valence-electron chi connectivity index (χ1n) is 10.1. The highest BCUT2D eigenvalue weighted by Gasteiger charge is 2.28. The van der Waals surface area contributed by atoms with Crippen molar-refractivity contribution in [1.29, 1.82) is 0 Å². The van der Waals surface area contributed by atoms with Gasteiger partial charge < -0.3 is 4.74 Å². The third-order valence-electron chi connectivity index (χ3n) is 4.65. The van der Waals surface area contributed by atoms with Crippen LogP contribution in [0.2, 0.25) is 10.2 Å². The fourth-order valence-electron chi connectivity index (χ4n) is 3.24. The van der Waals surface area contributed by atoms with Crippen LogP contribution >= 0.6 is 34.5 Å². The minimum absolute atomic E-state index is 0.179. The minimum Gasteiger partial charge on any atom is -0.443 e. The van der Waals surface area contributed by atoms with Gasteiger partial charge in [0.25, 0.3) is 0 Å². The van der Waals surface area contributed by atoms with Crippen molar-refractivity contribution in [2.45, 2.75) is 52.7 Å². The molecule has 3 aromatic heterocycles. The van der Waals surface area contributed by atoms with E-state index >= 15 is 0 Å². The van der Waals surface area contributed by atoms with Crippen LogP contribution in [-0.4, -0.2) is 31.3 Å². The Bertz CT molecular complexity index is 1310. The predicted molar refractivity (Wildman–Crippen MR) is 129 cm³/mol. The Morgan fingerprint density at radius 2 is 1.97 bits per heavy atom. The van der Waals surface area contributed by atoms with E-state index in [0.29, 0.717) is 16.5 Å². The fraction of sp³-hybridized carbons (Fsp3) is 0.364. The molecule has 0 N–H and O–H groups in total. The quantitative estimate of drug-likeness (QED) is 0.296. The van der Waals surface area contributed by atoms with Crippen molar-refractivity contribution in [2.24, 2.45) is 0 Å². The zero-order chi connectivity index (χ0) is 23.2. The lowest BCUT2D eigenvalue weighted by molar-refractivity contribution is 0.0575. The van der Waals surface area contributed by atoms with Gasteiger partial charge in [0, 0.05) is 16.7 Å². The molecule has 0 aliphatic heterocycles. The number of anilines is 1. The molecule has 0 radical (unpaired) electrons. The number of nitrogens with zero attached hydrogens (tertiary/aromatic N) is 5. The SMILES string of the molecule is CC(C)c1cnn2c(N(Cc3nc4cc(Cl)ccc4s3)C(=O)OC(C)(C)C)cc(Cl)nc12. The van der Waals surface area contributed by atoms with Gasteiger partial charge in [-0.15, -0.1) is 11.3 Å². The number of amides is 1. The van der Waals surface area contributed by atoms with Crippen molar-refractivity contribution in [1.82, 2.24) is 19.6 Å². The molecule has 1 aromatic carbocycles. The Morgan fingerprint density at radius 3 is 2.66 bits per heavy atom. The largest absolute Gasteiger partial charge is 0.443 e. The zero-order valence-electron chi connectivity index (χ0n) is 18.4. The zero-order valence-corrected chi connectivity index (χ0v) is 20.7. The summed E-state index contributed by atoms with van der Waals surface area (Å²) in [7, 11) is 0. The molecule has 0 spiro atoms. The van der Waals surface area contributed by atoms with Gasteiger partial charge >= 0.3 is 6.09 Å². The number of benzene rings is 1. The molecule has 0 aliphatic rings. The lowest BCUT2D eigenvalue weighted by atomic mass is 10.1. The minimum atomic E-state index is -0.681. The van der Waals surface area contributed by atoms with Gasteiger partial charge in [-0.2, -0.15) is 9.61 Å². The van der Waals surface area contributed by atoms with Crippen molar-refractivity contribution in [3.8, 4) is 0 Å². The van der Waals surface area contributed by atoms with E-state index in [4.69, 9.17) is 27.9 Å². The van der Waals surface area contributed by atoms with Crippen molar-refractivity contribution < 1.29 is 9.53 Å². The monoisotopic (exact) mass is 491 g/mol. The Kier molecular flexibility index (Phi) is 6.04. The molecule has 0 saturated heterocycles. The summed E-state index contributed by atoms with van der Waals surface area (Å²) in [6, 6.07) is 7.15. The van der Waals surface area contributed by atoms with E-state index in [9.17, 15) is 4.79 Å². The van der Waals surface area contributed by atoms with Crippen molar-refractivity contribution in [3.63, 3.8) is 0 Å². The van der Waals surface area contributed by atoms with E-state index in [1.54, 1.807) is 22.8 Å². The van der Waals surface area contributed by atoms with Crippen LogP contribution in [0.5, 0.6) is 0 Å². The second kappa shape index (κ2) is 8.50. The number of fused-ring (bicyclic) bond motifs is 2. The number of hydrogen-bond donors (Lipinski definition) is 0. The molecule has 0 aliphatic carbocycles. The number of carbonyl (C=O) groups excluding carboxylic acids is 1. The van der Waals surface area contributed by atoms with Crippen molar-refractivity contribution >= 4 is 62.3 Å². The molecule has 0 unspecified atom stereocenters. The summed E-state index contributed by atoms with van der Waals surface area (Å²) in [5.74, 6) is 0.647. The van der Waals surface area contributed by atoms with Gasteiger partial charge in [0.15, 0.2) is 5.65 Å². The molecule has 4 aromatic rings. The van der Waals surface area contributed by atoms with Gasteiger partial charge in [-0.1, -0.05) is 37.0 Å². The van der Waals surface area contributed by atoms with Crippen LogP contribution in [0.1, 0.15) is 51.1 Å². The summed E-state index contributed by atoms with van der Waals surface area (Å²) in [6.45, 7) is 9.75. The molecular formula is C22H23Cl2N5O2S. The lowest BCUT2D eigenvalue weighted by Gasteiger charge is -2.27. The molecule has 7 nitrogen and oxygen atoms in total. The Morgan fingerprint density at radius 1 is 1.22 bits per heavy atom. The second-order valence-electron chi connectivity index (χ2n) is 8.71. The topological polar surface area (TPSA) is 72.6 Å². The van der Waals surface area contributed by atoms with E-state index in [-0.39, 0.29) is 17.6 Å². The van der Waals surface area contributed by atoms with E-state index < -0.39 is 11.7 Å². The number of ether oxygens (including phenoxy) is 1. The van der Waals surface area contributed by atoms with Gasteiger partial charge in [0.05, 0.1) is 23.0 Å². The first-order chi connectivity index (χ1) is 15.0. The van der Waals surface area contributed by atoms with Gasteiger partial charge in [0.2, 0.25) is 0 Å². The summed E-state index contributed by atoms with van der Waals surface area (Å²) in [6.07, 6.45) is 1.22. The Balaban J connectivity index is 1.83. The maximum absolute atomic E-state index is 13.3. The van der Waals surface area contributed by atoms with Crippen molar-refractivity contribution in [2.75, 3.05) is 4.90 Å². The summed E-state index contributed by atoms with van der Waals surface area (Å²) < 4.78 is 8.30. The van der Waals surface area contributed by atoms with Gasteiger partial charge in [-0.3, -0.25) is 4.90 Å². The standard InChI is InChI=1S/C22H23Cl2N5O2S/c1-12(2)14-10-25-29-19(9-17(24)27-20(14)29)28(21(30)31-22(3,4)5)11-18-26-15-8-13(23)6-7-16(15)32-18/h6-10,12H,11H2,1-5H3. The van der Waals surface area contributed by atoms with Crippen LogP contribution in [0.3, 0.4) is 0 Å². The highest BCUT2D eigenvalue weighted by molar-refractivity contribution is 7.18. The molecule has 0 bridgehead atoms. The number of hydrogen-bond acceptors (Lipinski definition) is 6.